The molecule has 4 unspecified atom stereocenters. The average Bonchev–Trinajstić information content (AvgIpc) is 2.87. The van der Waals surface area contributed by atoms with Crippen molar-refractivity contribution in [1.29, 1.82) is 0 Å². The van der Waals surface area contributed by atoms with Crippen molar-refractivity contribution in [3.05, 3.63) is 0 Å². The lowest BCUT2D eigenvalue weighted by Crippen LogP contribution is -2.43. The van der Waals surface area contributed by atoms with Crippen molar-refractivity contribution < 1.29 is 0 Å². The molecule has 0 aliphatic heterocycles. The molecule has 4 atom stereocenters. The van der Waals surface area contributed by atoms with Crippen LogP contribution in [0.4, 0.5) is 0 Å². The van der Waals surface area contributed by atoms with Gasteiger partial charge in [-0.2, -0.15) is 0 Å². The number of hydrogen-bond donors (Lipinski definition) is 2. The van der Waals surface area contributed by atoms with Gasteiger partial charge < -0.3 is 11.5 Å². The maximum Gasteiger partial charge on any atom is 0.000996 e. The Morgan fingerprint density at radius 2 is 1.36 bits per heavy atom. The lowest BCUT2D eigenvalue weighted by molar-refractivity contribution is 0.188. The van der Waals surface area contributed by atoms with Gasteiger partial charge in [0.1, 0.15) is 0 Å². The van der Waals surface area contributed by atoms with Crippen LogP contribution in [0.15, 0.2) is 0 Å². The van der Waals surface area contributed by atoms with E-state index in [2.05, 4.69) is 0 Å². The molecule has 3 aliphatic rings. The molecule has 0 amide bonds. The van der Waals surface area contributed by atoms with E-state index >= 15 is 0 Å². The summed E-state index contributed by atoms with van der Waals surface area (Å²) in [6.07, 6.45) is 7.23. The van der Waals surface area contributed by atoms with Crippen LogP contribution in [0.2, 0.25) is 0 Å². The maximum atomic E-state index is 6.02. The van der Waals surface area contributed by atoms with Gasteiger partial charge in [-0.25, -0.2) is 0 Å². The summed E-state index contributed by atoms with van der Waals surface area (Å²) in [6, 6.07) is 0. The predicted molar refractivity (Wildman–Crippen MR) is 57.6 cm³/mol. The molecular formula is C12H22N2. The van der Waals surface area contributed by atoms with Crippen LogP contribution < -0.4 is 11.5 Å². The second-order valence-corrected chi connectivity index (χ2v) is 5.69. The molecule has 2 heteroatoms. The summed E-state index contributed by atoms with van der Waals surface area (Å²) < 4.78 is 0. The Hall–Kier alpha value is -0.0800. The van der Waals surface area contributed by atoms with Crippen LogP contribution in [0, 0.1) is 29.1 Å². The molecule has 14 heavy (non-hydrogen) atoms. The molecule has 0 radical (unpaired) electrons. The number of hydrogen-bond acceptors (Lipinski definition) is 2. The molecule has 2 bridgehead atoms. The van der Waals surface area contributed by atoms with Crippen molar-refractivity contribution in [3.8, 4) is 0 Å². The van der Waals surface area contributed by atoms with Crippen LogP contribution >= 0.6 is 0 Å². The third-order valence-electron chi connectivity index (χ3n) is 5.68. The molecule has 3 fully saturated rings. The van der Waals surface area contributed by atoms with Crippen molar-refractivity contribution in [2.45, 2.75) is 32.1 Å². The van der Waals surface area contributed by atoms with Gasteiger partial charge in [0.15, 0.2) is 0 Å². The average molecular weight is 194 g/mol. The van der Waals surface area contributed by atoms with E-state index < -0.39 is 0 Å². The molecule has 0 heterocycles. The van der Waals surface area contributed by atoms with Gasteiger partial charge in [0.05, 0.1) is 0 Å². The van der Waals surface area contributed by atoms with Gasteiger partial charge >= 0.3 is 0 Å². The van der Waals surface area contributed by atoms with Gasteiger partial charge in [-0.1, -0.05) is 6.42 Å². The number of nitrogens with two attached hydrogens (primary N) is 2. The smallest absolute Gasteiger partial charge is 0.000996 e. The lowest BCUT2D eigenvalue weighted by Gasteiger charge is -2.33. The quantitative estimate of drug-likeness (QED) is 0.697. The highest BCUT2D eigenvalue weighted by atomic mass is 14.8. The van der Waals surface area contributed by atoms with Crippen LogP contribution in [0.1, 0.15) is 32.1 Å². The summed E-state index contributed by atoms with van der Waals surface area (Å²) in [6.45, 7) is 1.68. The molecule has 80 valence electrons. The maximum absolute atomic E-state index is 6.02. The highest BCUT2D eigenvalue weighted by Gasteiger charge is 2.62. The molecule has 3 saturated carbocycles. The fourth-order valence-corrected chi connectivity index (χ4v) is 5.20. The zero-order valence-electron chi connectivity index (χ0n) is 8.91. The zero-order chi connectivity index (χ0) is 9.76. The van der Waals surface area contributed by atoms with E-state index in [4.69, 9.17) is 11.5 Å². The Labute approximate surface area is 86.4 Å². The Bertz CT molecular complexity index is 214. The van der Waals surface area contributed by atoms with Gasteiger partial charge in [-0.3, -0.25) is 0 Å². The Balaban J connectivity index is 1.96. The predicted octanol–water partition coefficient (Wildman–Crippen LogP) is 1.35. The van der Waals surface area contributed by atoms with Crippen molar-refractivity contribution >= 4 is 0 Å². The van der Waals surface area contributed by atoms with E-state index in [0.29, 0.717) is 5.41 Å². The molecule has 0 aromatic rings. The van der Waals surface area contributed by atoms with Gasteiger partial charge in [0.2, 0.25) is 0 Å². The molecule has 3 rings (SSSR count). The van der Waals surface area contributed by atoms with Crippen LogP contribution in [-0.4, -0.2) is 13.1 Å². The molecule has 0 aromatic heterocycles. The van der Waals surface area contributed by atoms with Gasteiger partial charge in [-0.15, -0.1) is 0 Å². The molecule has 3 aliphatic carbocycles. The van der Waals surface area contributed by atoms with Gasteiger partial charge in [0, 0.05) is 5.41 Å². The van der Waals surface area contributed by atoms with Crippen molar-refractivity contribution in [2.24, 2.45) is 40.6 Å². The fourth-order valence-electron chi connectivity index (χ4n) is 5.20. The first-order chi connectivity index (χ1) is 6.83. The van der Waals surface area contributed by atoms with E-state index in [9.17, 15) is 0 Å². The molecule has 0 saturated heterocycles. The molecule has 2 nitrogen and oxygen atoms in total. The Morgan fingerprint density at radius 1 is 0.857 bits per heavy atom. The summed E-state index contributed by atoms with van der Waals surface area (Å²) >= 11 is 0. The lowest BCUT2D eigenvalue weighted by atomic mass is 9.75. The largest absolute Gasteiger partial charge is 0.330 e. The second kappa shape index (κ2) is 2.96. The Morgan fingerprint density at radius 3 is 1.79 bits per heavy atom. The summed E-state index contributed by atoms with van der Waals surface area (Å²) in [5.74, 6) is 3.77. The van der Waals surface area contributed by atoms with E-state index in [1.54, 1.807) is 0 Å². The minimum Gasteiger partial charge on any atom is -0.330 e. The number of fused-ring (bicyclic) bond motifs is 5. The van der Waals surface area contributed by atoms with Crippen molar-refractivity contribution in [2.75, 3.05) is 13.1 Å². The Kier molecular flexibility index (Phi) is 1.94. The summed E-state index contributed by atoms with van der Waals surface area (Å²) in [4.78, 5) is 0. The summed E-state index contributed by atoms with van der Waals surface area (Å²) in [7, 11) is 0. The van der Waals surface area contributed by atoms with Crippen LogP contribution in [0.25, 0.3) is 0 Å². The SMILES string of the molecule is NCC1(CN)C2CCC1C1CCCC12. The van der Waals surface area contributed by atoms with Crippen molar-refractivity contribution in [1.82, 2.24) is 0 Å². The van der Waals surface area contributed by atoms with E-state index in [-0.39, 0.29) is 0 Å². The zero-order valence-corrected chi connectivity index (χ0v) is 8.91. The van der Waals surface area contributed by atoms with Crippen molar-refractivity contribution in [3.63, 3.8) is 0 Å². The van der Waals surface area contributed by atoms with Gasteiger partial charge in [-0.05, 0) is 62.4 Å². The van der Waals surface area contributed by atoms with Crippen LogP contribution in [0.5, 0.6) is 0 Å². The minimum absolute atomic E-state index is 0.357. The highest BCUT2D eigenvalue weighted by molar-refractivity contribution is 5.12. The van der Waals surface area contributed by atoms with Crippen LogP contribution in [-0.2, 0) is 0 Å². The topological polar surface area (TPSA) is 52.0 Å². The molecule has 0 aromatic carbocycles. The second-order valence-electron chi connectivity index (χ2n) is 5.69. The van der Waals surface area contributed by atoms with E-state index in [0.717, 1.165) is 36.8 Å². The number of rotatable bonds is 2. The molecule has 4 N–H and O–H groups in total. The standard InChI is InChI=1S/C12H22N2/c13-6-12(7-14)10-4-5-11(12)9-3-1-2-8(9)10/h8-11H,1-7,13-14H2. The first-order valence-electron chi connectivity index (χ1n) is 6.23. The molecular weight excluding hydrogens is 172 g/mol. The third-order valence-corrected chi connectivity index (χ3v) is 5.68. The summed E-state index contributed by atoms with van der Waals surface area (Å²) in [5, 5.41) is 0. The highest BCUT2D eigenvalue weighted by Crippen LogP contribution is 2.66. The summed E-state index contributed by atoms with van der Waals surface area (Å²) in [5.41, 5.74) is 12.4. The minimum atomic E-state index is 0.357. The first kappa shape index (κ1) is 9.17. The monoisotopic (exact) mass is 194 g/mol. The fraction of sp³-hybridized carbons (Fsp3) is 1.00. The van der Waals surface area contributed by atoms with Crippen LogP contribution in [0.3, 0.4) is 0 Å². The third kappa shape index (κ3) is 0.849. The first-order valence-corrected chi connectivity index (χ1v) is 6.23. The van der Waals surface area contributed by atoms with Gasteiger partial charge in [0.25, 0.3) is 0 Å². The van der Waals surface area contributed by atoms with E-state index in [1.165, 1.54) is 32.1 Å². The van der Waals surface area contributed by atoms with E-state index in [1.807, 2.05) is 0 Å². The normalized spacial score (nSPS) is 48.4. The molecule has 0 spiro atoms.